The fourth-order valence-corrected chi connectivity index (χ4v) is 4.30. The lowest BCUT2D eigenvalue weighted by molar-refractivity contribution is 0.103. The normalized spacial score (nSPS) is 11.0. The van der Waals surface area contributed by atoms with Gasteiger partial charge in [0.05, 0.1) is 22.6 Å². The fourth-order valence-electron chi connectivity index (χ4n) is 2.42. The maximum absolute atomic E-state index is 12.7. The third kappa shape index (κ3) is 4.47. The summed E-state index contributed by atoms with van der Waals surface area (Å²) >= 11 is 1.37. The van der Waals surface area contributed by atoms with Gasteiger partial charge in [0, 0.05) is 10.6 Å². The predicted octanol–water partition coefficient (Wildman–Crippen LogP) is 4.12. The number of amides is 1. The Hall–Kier alpha value is -2.84. The maximum Gasteiger partial charge on any atom is 0.265 e. The molecule has 8 heteroatoms. The number of carbonyl (C=O) groups excluding carboxylic acids is 1. The number of ether oxygens (including phenoxy) is 1. The van der Waals surface area contributed by atoms with E-state index >= 15 is 0 Å². The molecule has 0 fully saturated rings. The first-order valence-electron chi connectivity index (χ1n) is 8.03. The maximum atomic E-state index is 12.7. The lowest BCUT2D eigenvalue weighted by Crippen LogP contribution is -2.15. The number of nitrogens with one attached hydrogen (secondary N) is 2. The molecule has 0 aliphatic rings. The van der Waals surface area contributed by atoms with E-state index in [1.165, 1.54) is 30.6 Å². The van der Waals surface area contributed by atoms with E-state index in [1.54, 1.807) is 42.5 Å². The van der Waals surface area contributed by atoms with Crippen LogP contribution in [0.15, 0.2) is 65.6 Å². The zero-order valence-electron chi connectivity index (χ0n) is 14.7. The molecule has 0 radical (unpaired) electrons. The summed E-state index contributed by atoms with van der Waals surface area (Å²) in [6.45, 7) is 1.91. The highest BCUT2D eigenvalue weighted by atomic mass is 32.2. The van der Waals surface area contributed by atoms with Crippen molar-refractivity contribution in [3.63, 3.8) is 0 Å². The molecule has 1 aromatic heterocycles. The first-order valence-corrected chi connectivity index (χ1v) is 10.3. The minimum Gasteiger partial charge on any atom is -0.495 e. The van der Waals surface area contributed by atoms with Crippen LogP contribution in [0.25, 0.3) is 0 Å². The number of sulfonamides is 1. The highest BCUT2D eigenvalue weighted by Gasteiger charge is 2.17. The van der Waals surface area contributed by atoms with E-state index in [2.05, 4.69) is 10.0 Å². The summed E-state index contributed by atoms with van der Waals surface area (Å²) in [5.41, 5.74) is 0.734. The number of para-hydroxylation sites is 2. The molecule has 0 unspecified atom stereocenters. The van der Waals surface area contributed by atoms with Gasteiger partial charge in [-0.15, -0.1) is 11.3 Å². The Balaban J connectivity index is 1.82. The van der Waals surface area contributed by atoms with E-state index in [4.69, 9.17) is 4.74 Å². The van der Waals surface area contributed by atoms with Crippen molar-refractivity contribution in [1.29, 1.82) is 0 Å². The van der Waals surface area contributed by atoms with Crippen molar-refractivity contribution in [3.8, 4) is 5.75 Å². The van der Waals surface area contributed by atoms with E-state index in [9.17, 15) is 13.2 Å². The van der Waals surface area contributed by atoms with Gasteiger partial charge in [-0.2, -0.15) is 0 Å². The van der Waals surface area contributed by atoms with Gasteiger partial charge in [0.2, 0.25) is 0 Å². The molecular weight excluding hydrogens is 384 g/mol. The molecule has 2 N–H and O–H groups in total. The molecule has 0 saturated heterocycles. The lowest BCUT2D eigenvalue weighted by atomic mass is 10.3. The molecule has 2 aromatic carbocycles. The van der Waals surface area contributed by atoms with Crippen molar-refractivity contribution in [1.82, 2.24) is 0 Å². The van der Waals surface area contributed by atoms with Gasteiger partial charge in [0.25, 0.3) is 15.9 Å². The number of carbonyl (C=O) groups is 1. The van der Waals surface area contributed by atoms with Crippen LogP contribution in [0.2, 0.25) is 0 Å². The van der Waals surface area contributed by atoms with E-state index in [0.717, 1.165) is 4.88 Å². The van der Waals surface area contributed by atoms with Gasteiger partial charge in [-0.25, -0.2) is 8.42 Å². The summed E-state index contributed by atoms with van der Waals surface area (Å²) in [6, 6.07) is 16.4. The van der Waals surface area contributed by atoms with E-state index in [0.29, 0.717) is 22.0 Å². The third-order valence-corrected chi connectivity index (χ3v) is 6.08. The van der Waals surface area contributed by atoms with Crippen LogP contribution >= 0.6 is 11.3 Å². The van der Waals surface area contributed by atoms with Crippen LogP contribution in [-0.2, 0) is 10.0 Å². The van der Waals surface area contributed by atoms with Gasteiger partial charge in [-0.05, 0) is 49.4 Å². The minimum absolute atomic E-state index is 0.0357. The molecule has 0 bridgehead atoms. The molecule has 27 heavy (non-hydrogen) atoms. The Labute approximate surface area is 161 Å². The van der Waals surface area contributed by atoms with Crippen molar-refractivity contribution in [3.05, 3.63) is 70.4 Å². The molecule has 3 rings (SSSR count). The quantitative estimate of drug-likeness (QED) is 0.650. The molecule has 0 aliphatic heterocycles. The van der Waals surface area contributed by atoms with Crippen molar-refractivity contribution in [2.24, 2.45) is 0 Å². The Morgan fingerprint density at radius 2 is 1.81 bits per heavy atom. The molecule has 3 aromatic rings. The zero-order chi connectivity index (χ0) is 19.4. The molecular formula is C19H18N2O4S2. The van der Waals surface area contributed by atoms with Crippen LogP contribution in [0.4, 0.5) is 11.4 Å². The van der Waals surface area contributed by atoms with Gasteiger partial charge in [-0.3, -0.25) is 9.52 Å². The number of methoxy groups -OCH3 is 1. The summed E-state index contributed by atoms with van der Waals surface area (Å²) in [5, 5.41) is 2.73. The topological polar surface area (TPSA) is 84.5 Å². The molecule has 0 aliphatic carbocycles. The summed E-state index contributed by atoms with van der Waals surface area (Å²) in [4.78, 5) is 13.9. The molecule has 0 saturated carbocycles. The summed E-state index contributed by atoms with van der Waals surface area (Å²) < 4.78 is 33.1. The largest absolute Gasteiger partial charge is 0.495 e. The summed E-state index contributed by atoms with van der Waals surface area (Å²) in [5.74, 6) is 0.138. The van der Waals surface area contributed by atoms with Gasteiger partial charge in [-0.1, -0.05) is 18.2 Å². The monoisotopic (exact) mass is 402 g/mol. The Kier molecular flexibility index (Phi) is 5.48. The fraction of sp³-hybridized carbons (Fsp3) is 0.105. The molecule has 140 valence electrons. The average Bonchev–Trinajstić information content (AvgIpc) is 3.09. The van der Waals surface area contributed by atoms with Crippen LogP contribution in [0.3, 0.4) is 0 Å². The van der Waals surface area contributed by atoms with Crippen molar-refractivity contribution in [2.45, 2.75) is 11.8 Å². The number of hydrogen-bond donors (Lipinski definition) is 2. The minimum atomic E-state index is -3.84. The van der Waals surface area contributed by atoms with Crippen LogP contribution in [0.5, 0.6) is 5.75 Å². The SMILES string of the molecule is COc1ccccc1NS(=O)(=O)c1cccc(NC(=O)c2ccc(C)s2)c1. The summed E-state index contributed by atoms with van der Waals surface area (Å²) in [6.07, 6.45) is 0. The second kappa shape index (κ2) is 7.81. The first kappa shape index (κ1) is 18.9. The second-order valence-electron chi connectivity index (χ2n) is 5.70. The molecule has 6 nitrogen and oxygen atoms in total. The Bertz CT molecular complexity index is 1070. The average molecular weight is 402 g/mol. The number of rotatable bonds is 6. The van der Waals surface area contributed by atoms with Gasteiger partial charge >= 0.3 is 0 Å². The highest BCUT2D eigenvalue weighted by Crippen LogP contribution is 2.27. The van der Waals surface area contributed by atoms with Crippen LogP contribution in [0.1, 0.15) is 14.5 Å². The predicted molar refractivity (Wildman–Crippen MR) is 107 cm³/mol. The molecule has 1 amide bonds. The van der Waals surface area contributed by atoms with E-state index in [-0.39, 0.29) is 10.8 Å². The first-order chi connectivity index (χ1) is 12.9. The molecule has 0 atom stereocenters. The standard InChI is InChI=1S/C19H18N2O4S2/c1-13-10-11-18(26-13)19(22)20-14-6-5-7-15(12-14)27(23,24)21-16-8-3-4-9-17(16)25-2/h3-12,21H,1-2H3,(H,20,22). The third-order valence-electron chi connectivity index (χ3n) is 3.72. The van der Waals surface area contributed by atoms with E-state index in [1.807, 2.05) is 13.0 Å². The highest BCUT2D eigenvalue weighted by molar-refractivity contribution is 7.92. The molecule has 1 heterocycles. The lowest BCUT2D eigenvalue weighted by Gasteiger charge is -2.12. The number of anilines is 2. The van der Waals surface area contributed by atoms with Crippen LogP contribution < -0.4 is 14.8 Å². The van der Waals surface area contributed by atoms with Crippen LogP contribution in [0, 0.1) is 6.92 Å². The Morgan fingerprint density at radius 1 is 1.04 bits per heavy atom. The van der Waals surface area contributed by atoms with Gasteiger partial charge in [0.15, 0.2) is 0 Å². The number of aryl methyl sites for hydroxylation is 1. The van der Waals surface area contributed by atoms with Crippen LogP contribution in [-0.4, -0.2) is 21.4 Å². The number of hydrogen-bond acceptors (Lipinski definition) is 5. The molecule has 0 spiro atoms. The van der Waals surface area contributed by atoms with Gasteiger partial charge < -0.3 is 10.1 Å². The second-order valence-corrected chi connectivity index (χ2v) is 8.67. The van der Waals surface area contributed by atoms with Gasteiger partial charge in [0.1, 0.15) is 5.75 Å². The van der Waals surface area contributed by atoms with Crippen molar-refractivity contribution < 1.29 is 17.9 Å². The van der Waals surface area contributed by atoms with Crippen molar-refractivity contribution >= 4 is 38.6 Å². The zero-order valence-corrected chi connectivity index (χ0v) is 16.4. The van der Waals surface area contributed by atoms with Crippen molar-refractivity contribution in [2.75, 3.05) is 17.1 Å². The Morgan fingerprint density at radius 3 is 2.52 bits per heavy atom. The number of thiophene rings is 1. The smallest absolute Gasteiger partial charge is 0.265 e. The summed E-state index contributed by atoms with van der Waals surface area (Å²) in [7, 11) is -2.38. The van der Waals surface area contributed by atoms with E-state index < -0.39 is 10.0 Å². The number of benzene rings is 2.